The zero-order valence-electron chi connectivity index (χ0n) is 12.8. The Morgan fingerprint density at radius 3 is 2.55 bits per heavy atom. The van der Waals surface area contributed by atoms with E-state index in [9.17, 15) is 0 Å². The van der Waals surface area contributed by atoms with E-state index in [1.54, 1.807) is 7.11 Å². The van der Waals surface area contributed by atoms with Crippen LogP contribution in [0, 0.1) is 6.92 Å². The molecule has 4 nitrogen and oxygen atoms in total. The van der Waals surface area contributed by atoms with Gasteiger partial charge in [0.15, 0.2) is 0 Å². The Hall–Kier alpha value is -2.33. The summed E-state index contributed by atoms with van der Waals surface area (Å²) < 4.78 is 7.29. The highest BCUT2D eigenvalue weighted by molar-refractivity contribution is 5.87. The molecule has 1 aromatic heterocycles. The van der Waals surface area contributed by atoms with Crippen LogP contribution in [0.3, 0.4) is 0 Å². The van der Waals surface area contributed by atoms with Gasteiger partial charge < -0.3 is 10.1 Å². The van der Waals surface area contributed by atoms with Gasteiger partial charge in [-0.05, 0) is 42.8 Å². The molecule has 0 aliphatic carbocycles. The first kappa shape index (κ1) is 13.3. The standard InChI is InChI=1S/C18H19N3O/c1-12-4-3-5-16-17(12)18(13-10-19-11-13)20-21(16)14-6-8-15(22-2)9-7-14/h3-9,13,19H,10-11H2,1-2H3. The minimum absolute atomic E-state index is 0.517. The molecule has 0 spiro atoms. The summed E-state index contributed by atoms with van der Waals surface area (Å²) in [7, 11) is 1.68. The Morgan fingerprint density at radius 1 is 1.14 bits per heavy atom. The molecule has 0 amide bonds. The molecule has 2 aromatic carbocycles. The van der Waals surface area contributed by atoms with Crippen molar-refractivity contribution >= 4 is 10.9 Å². The summed E-state index contributed by atoms with van der Waals surface area (Å²) in [6, 6.07) is 14.5. The van der Waals surface area contributed by atoms with Crippen molar-refractivity contribution in [2.75, 3.05) is 20.2 Å². The Balaban J connectivity index is 1.91. The van der Waals surface area contributed by atoms with Gasteiger partial charge in [-0.2, -0.15) is 5.10 Å². The van der Waals surface area contributed by atoms with Crippen LogP contribution in [-0.4, -0.2) is 30.0 Å². The summed E-state index contributed by atoms with van der Waals surface area (Å²) in [5.41, 5.74) is 4.74. The maximum atomic E-state index is 5.24. The summed E-state index contributed by atoms with van der Waals surface area (Å²) in [4.78, 5) is 0. The predicted molar refractivity (Wildman–Crippen MR) is 88.0 cm³/mol. The maximum Gasteiger partial charge on any atom is 0.119 e. The lowest BCUT2D eigenvalue weighted by molar-refractivity contribution is 0.414. The van der Waals surface area contributed by atoms with Crippen molar-refractivity contribution in [2.24, 2.45) is 0 Å². The Morgan fingerprint density at radius 2 is 1.91 bits per heavy atom. The van der Waals surface area contributed by atoms with Gasteiger partial charge in [-0.15, -0.1) is 0 Å². The van der Waals surface area contributed by atoms with Crippen LogP contribution in [0.1, 0.15) is 17.2 Å². The second-order valence-corrected chi connectivity index (χ2v) is 5.82. The smallest absolute Gasteiger partial charge is 0.119 e. The molecular weight excluding hydrogens is 274 g/mol. The van der Waals surface area contributed by atoms with Gasteiger partial charge in [0.25, 0.3) is 0 Å². The minimum atomic E-state index is 0.517. The molecule has 4 heteroatoms. The molecule has 22 heavy (non-hydrogen) atoms. The summed E-state index contributed by atoms with van der Waals surface area (Å²) in [6.45, 7) is 4.20. The van der Waals surface area contributed by atoms with E-state index >= 15 is 0 Å². The van der Waals surface area contributed by atoms with Crippen LogP contribution in [-0.2, 0) is 0 Å². The van der Waals surface area contributed by atoms with E-state index in [4.69, 9.17) is 9.84 Å². The highest BCUT2D eigenvalue weighted by Gasteiger charge is 2.26. The van der Waals surface area contributed by atoms with E-state index in [0.29, 0.717) is 5.92 Å². The molecule has 2 heterocycles. The Kier molecular flexibility index (Phi) is 3.12. The van der Waals surface area contributed by atoms with E-state index in [0.717, 1.165) is 24.5 Å². The highest BCUT2D eigenvalue weighted by Crippen LogP contribution is 2.31. The van der Waals surface area contributed by atoms with Crippen LogP contribution < -0.4 is 10.1 Å². The van der Waals surface area contributed by atoms with E-state index in [1.807, 2.05) is 12.1 Å². The summed E-state index contributed by atoms with van der Waals surface area (Å²) in [6.07, 6.45) is 0. The van der Waals surface area contributed by atoms with Crippen molar-refractivity contribution in [2.45, 2.75) is 12.8 Å². The summed E-state index contributed by atoms with van der Waals surface area (Å²) in [5.74, 6) is 1.38. The molecule has 1 saturated heterocycles. The molecule has 1 N–H and O–H groups in total. The van der Waals surface area contributed by atoms with Crippen molar-refractivity contribution in [3.63, 3.8) is 0 Å². The topological polar surface area (TPSA) is 39.1 Å². The molecule has 3 aromatic rings. The third kappa shape index (κ3) is 1.99. The van der Waals surface area contributed by atoms with Gasteiger partial charge in [-0.25, -0.2) is 4.68 Å². The van der Waals surface area contributed by atoms with E-state index in [-0.39, 0.29) is 0 Å². The first-order valence-electron chi connectivity index (χ1n) is 7.61. The number of rotatable bonds is 3. The van der Waals surface area contributed by atoms with Crippen LogP contribution in [0.15, 0.2) is 42.5 Å². The van der Waals surface area contributed by atoms with Crippen molar-refractivity contribution in [3.05, 3.63) is 53.7 Å². The lowest BCUT2D eigenvalue weighted by Crippen LogP contribution is -2.40. The molecule has 112 valence electrons. The number of fused-ring (bicyclic) bond motifs is 1. The second-order valence-electron chi connectivity index (χ2n) is 5.82. The fraction of sp³-hybridized carbons (Fsp3) is 0.278. The van der Waals surface area contributed by atoms with Crippen molar-refractivity contribution in [3.8, 4) is 11.4 Å². The number of methoxy groups -OCH3 is 1. The zero-order valence-corrected chi connectivity index (χ0v) is 12.8. The van der Waals surface area contributed by atoms with Crippen molar-refractivity contribution in [1.29, 1.82) is 0 Å². The fourth-order valence-electron chi connectivity index (χ4n) is 3.06. The first-order valence-corrected chi connectivity index (χ1v) is 7.61. The van der Waals surface area contributed by atoms with E-state index in [1.165, 1.54) is 22.2 Å². The molecular formula is C18H19N3O. The van der Waals surface area contributed by atoms with Gasteiger partial charge in [0.2, 0.25) is 0 Å². The molecule has 0 unspecified atom stereocenters. The molecule has 0 radical (unpaired) electrons. The van der Waals surface area contributed by atoms with Crippen molar-refractivity contribution in [1.82, 2.24) is 15.1 Å². The summed E-state index contributed by atoms with van der Waals surface area (Å²) >= 11 is 0. The molecule has 0 saturated carbocycles. The number of nitrogens with one attached hydrogen (secondary N) is 1. The number of aromatic nitrogens is 2. The van der Waals surface area contributed by atoms with Crippen LogP contribution in [0.4, 0.5) is 0 Å². The number of aryl methyl sites for hydroxylation is 1. The quantitative estimate of drug-likeness (QED) is 0.807. The lowest BCUT2D eigenvalue weighted by Gasteiger charge is -2.25. The Bertz CT molecular complexity index is 816. The monoisotopic (exact) mass is 293 g/mol. The van der Waals surface area contributed by atoms with Crippen LogP contribution in [0.2, 0.25) is 0 Å². The van der Waals surface area contributed by atoms with Gasteiger partial charge in [0, 0.05) is 24.4 Å². The minimum Gasteiger partial charge on any atom is -0.497 e. The zero-order chi connectivity index (χ0) is 15.1. The number of hydrogen-bond acceptors (Lipinski definition) is 3. The predicted octanol–water partition coefficient (Wildman–Crippen LogP) is 3.03. The largest absolute Gasteiger partial charge is 0.497 e. The van der Waals surface area contributed by atoms with Crippen molar-refractivity contribution < 1.29 is 4.74 Å². The number of ether oxygens (including phenoxy) is 1. The average Bonchev–Trinajstić information content (AvgIpc) is 2.86. The third-order valence-corrected chi connectivity index (χ3v) is 4.43. The number of nitrogens with zero attached hydrogens (tertiary/aromatic N) is 2. The average molecular weight is 293 g/mol. The molecule has 1 fully saturated rings. The van der Waals surface area contributed by atoms with Crippen LogP contribution in [0.5, 0.6) is 5.75 Å². The number of benzene rings is 2. The van der Waals surface area contributed by atoms with Crippen LogP contribution >= 0.6 is 0 Å². The van der Waals surface area contributed by atoms with Crippen LogP contribution in [0.25, 0.3) is 16.6 Å². The van der Waals surface area contributed by atoms with Gasteiger partial charge in [-0.1, -0.05) is 12.1 Å². The SMILES string of the molecule is COc1ccc(-n2nc(C3CNC3)c3c(C)cccc32)cc1. The summed E-state index contributed by atoms with van der Waals surface area (Å²) in [5, 5.41) is 9.57. The second kappa shape index (κ2) is 5.14. The Labute approximate surface area is 129 Å². The highest BCUT2D eigenvalue weighted by atomic mass is 16.5. The van der Waals surface area contributed by atoms with Gasteiger partial charge >= 0.3 is 0 Å². The van der Waals surface area contributed by atoms with Gasteiger partial charge in [0.05, 0.1) is 24.0 Å². The van der Waals surface area contributed by atoms with Gasteiger partial charge in [0.1, 0.15) is 5.75 Å². The lowest BCUT2D eigenvalue weighted by atomic mass is 9.95. The molecule has 0 bridgehead atoms. The normalized spacial score (nSPS) is 15.0. The molecule has 0 atom stereocenters. The van der Waals surface area contributed by atoms with Gasteiger partial charge in [-0.3, -0.25) is 0 Å². The van der Waals surface area contributed by atoms with E-state index in [2.05, 4.69) is 47.3 Å². The first-order chi connectivity index (χ1) is 10.8. The third-order valence-electron chi connectivity index (χ3n) is 4.43. The molecule has 1 aliphatic rings. The van der Waals surface area contributed by atoms with E-state index < -0.39 is 0 Å². The number of hydrogen-bond donors (Lipinski definition) is 1. The maximum absolute atomic E-state index is 5.24. The fourth-order valence-corrected chi connectivity index (χ4v) is 3.06. The molecule has 1 aliphatic heterocycles. The molecule has 4 rings (SSSR count).